The molecule has 0 saturated heterocycles. The van der Waals surface area contributed by atoms with E-state index in [1.165, 1.54) is 25.4 Å². The Morgan fingerprint density at radius 3 is 2.79 bits per heavy atom. The fraction of sp³-hybridized carbons (Fsp3) is 0.333. The topological polar surface area (TPSA) is 55.4 Å². The summed E-state index contributed by atoms with van der Waals surface area (Å²) in [4.78, 5) is 23.2. The van der Waals surface area contributed by atoms with E-state index in [1.807, 2.05) is 0 Å². The molecule has 1 rings (SSSR count). The molecule has 0 aromatic carbocycles. The van der Waals surface area contributed by atoms with Crippen LogP contribution >= 0.6 is 11.3 Å². The summed E-state index contributed by atoms with van der Waals surface area (Å²) in [5, 5.41) is 2.65. The van der Waals surface area contributed by atoms with Crippen LogP contribution in [0.4, 0.5) is 0 Å². The molecule has 0 unspecified atom stereocenters. The van der Waals surface area contributed by atoms with Crippen LogP contribution in [0.15, 0.2) is 12.1 Å². The first-order valence-electron chi connectivity index (χ1n) is 4.05. The van der Waals surface area contributed by atoms with E-state index in [0.29, 0.717) is 11.4 Å². The second-order valence-corrected chi connectivity index (χ2v) is 3.84. The van der Waals surface area contributed by atoms with E-state index in [-0.39, 0.29) is 11.9 Å². The molecule has 14 heavy (non-hydrogen) atoms. The molecular formula is C9H11NO3S. The first kappa shape index (κ1) is 10.7. The summed E-state index contributed by atoms with van der Waals surface area (Å²) < 4.78 is 4.56. The third kappa shape index (κ3) is 2.85. The van der Waals surface area contributed by atoms with Gasteiger partial charge >= 0.3 is 5.97 Å². The summed E-state index contributed by atoms with van der Waals surface area (Å²) in [6, 6.07) is 3.49. The number of hydrogen-bond donors (Lipinski definition) is 1. The molecule has 0 aliphatic carbocycles. The lowest BCUT2D eigenvalue weighted by Crippen LogP contribution is -2.18. The lowest BCUT2D eigenvalue weighted by Gasteiger charge is -1.97. The van der Waals surface area contributed by atoms with Gasteiger partial charge in [0.1, 0.15) is 4.88 Å². The van der Waals surface area contributed by atoms with Gasteiger partial charge in [-0.3, -0.25) is 4.79 Å². The molecule has 0 saturated carbocycles. The predicted molar refractivity (Wildman–Crippen MR) is 53.2 cm³/mol. The Morgan fingerprint density at radius 1 is 1.50 bits per heavy atom. The van der Waals surface area contributed by atoms with E-state index >= 15 is 0 Å². The first-order chi connectivity index (χ1) is 6.63. The largest absolute Gasteiger partial charge is 0.465 e. The van der Waals surface area contributed by atoms with Gasteiger partial charge in [0, 0.05) is 11.8 Å². The van der Waals surface area contributed by atoms with Gasteiger partial charge < -0.3 is 10.1 Å². The van der Waals surface area contributed by atoms with Crippen LogP contribution < -0.4 is 5.32 Å². The average Bonchev–Trinajstić information content (AvgIpc) is 2.62. The van der Waals surface area contributed by atoms with Gasteiger partial charge in [-0.05, 0) is 12.1 Å². The van der Waals surface area contributed by atoms with Gasteiger partial charge in [0.25, 0.3) is 0 Å². The van der Waals surface area contributed by atoms with Gasteiger partial charge in [-0.25, -0.2) is 4.79 Å². The number of rotatable bonds is 3. The molecule has 1 N–H and O–H groups in total. The molecule has 0 bridgehead atoms. The zero-order chi connectivity index (χ0) is 10.6. The van der Waals surface area contributed by atoms with Gasteiger partial charge in [0.05, 0.1) is 13.7 Å². The van der Waals surface area contributed by atoms with Crippen LogP contribution in [0.2, 0.25) is 0 Å². The SMILES string of the molecule is COC(=O)c1ccc(CNC(C)=O)s1. The maximum Gasteiger partial charge on any atom is 0.348 e. The van der Waals surface area contributed by atoms with Crippen LogP contribution in [0.5, 0.6) is 0 Å². The Hall–Kier alpha value is -1.36. The first-order valence-corrected chi connectivity index (χ1v) is 4.86. The molecule has 0 fully saturated rings. The minimum absolute atomic E-state index is 0.0852. The highest BCUT2D eigenvalue weighted by Gasteiger charge is 2.08. The van der Waals surface area contributed by atoms with Gasteiger partial charge in [-0.15, -0.1) is 11.3 Å². The Labute approximate surface area is 85.9 Å². The smallest absolute Gasteiger partial charge is 0.348 e. The van der Waals surface area contributed by atoms with E-state index in [4.69, 9.17) is 0 Å². The van der Waals surface area contributed by atoms with Gasteiger partial charge in [-0.2, -0.15) is 0 Å². The molecule has 0 spiro atoms. The van der Waals surface area contributed by atoms with Crippen molar-refractivity contribution in [3.63, 3.8) is 0 Å². The van der Waals surface area contributed by atoms with E-state index in [1.54, 1.807) is 12.1 Å². The monoisotopic (exact) mass is 213 g/mol. The molecule has 1 heterocycles. The number of carbonyl (C=O) groups excluding carboxylic acids is 2. The number of thiophene rings is 1. The van der Waals surface area contributed by atoms with Crippen molar-refractivity contribution in [3.8, 4) is 0 Å². The van der Waals surface area contributed by atoms with Crippen molar-refractivity contribution in [1.82, 2.24) is 5.32 Å². The van der Waals surface area contributed by atoms with Gasteiger partial charge in [0.15, 0.2) is 0 Å². The third-order valence-electron chi connectivity index (χ3n) is 1.56. The molecule has 1 amide bonds. The maximum absolute atomic E-state index is 11.1. The molecule has 0 aliphatic heterocycles. The third-order valence-corrected chi connectivity index (χ3v) is 2.63. The van der Waals surface area contributed by atoms with Crippen molar-refractivity contribution in [1.29, 1.82) is 0 Å². The van der Waals surface area contributed by atoms with E-state index in [9.17, 15) is 9.59 Å². The van der Waals surface area contributed by atoms with E-state index in [0.717, 1.165) is 4.88 Å². The highest BCUT2D eigenvalue weighted by molar-refractivity contribution is 7.13. The summed E-state index contributed by atoms with van der Waals surface area (Å²) in [7, 11) is 1.34. The highest BCUT2D eigenvalue weighted by Crippen LogP contribution is 2.16. The summed E-state index contributed by atoms with van der Waals surface area (Å²) >= 11 is 1.32. The lowest BCUT2D eigenvalue weighted by atomic mass is 10.4. The quantitative estimate of drug-likeness (QED) is 0.767. The number of nitrogens with one attached hydrogen (secondary N) is 1. The maximum atomic E-state index is 11.1. The molecule has 0 radical (unpaired) electrons. The van der Waals surface area contributed by atoms with Gasteiger partial charge in [0.2, 0.25) is 5.91 Å². The standard InChI is InChI=1S/C9H11NO3S/c1-6(11)10-5-7-3-4-8(14-7)9(12)13-2/h3-4H,5H2,1-2H3,(H,10,11). The average molecular weight is 213 g/mol. The number of hydrogen-bond acceptors (Lipinski definition) is 4. The number of amides is 1. The zero-order valence-corrected chi connectivity index (χ0v) is 8.81. The number of esters is 1. The highest BCUT2D eigenvalue weighted by atomic mass is 32.1. The molecule has 0 atom stereocenters. The zero-order valence-electron chi connectivity index (χ0n) is 7.99. The molecular weight excluding hydrogens is 202 g/mol. The normalized spacial score (nSPS) is 9.57. The molecule has 1 aromatic heterocycles. The fourth-order valence-electron chi connectivity index (χ4n) is 0.895. The second kappa shape index (κ2) is 4.76. The van der Waals surface area contributed by atoms with Crippen molar-refractivity contribution >= 4 is 23.2 Å². The Morgan fingerprint density at radius 2 is 2.21 bits per heavy atom. The van der Waals surface area contributed by atoms with Crippen LogP contribution in [-0.4, -0.2) is 19.0 Å². The molecule has 76 valence electrons. The fourth-order valence-corrected chi connectivity index (χ4v) is 1.76. The van der Waals surface area contributed by atoms with Crippen molar-refractivity contribution < 1.29 is 14.3 Å². The van der Waals surface area contributed by atoms with E-state index < -0.39 is 0 Å². The minimum Gasteiger partial charge on any atom is -0.465 e. The van der Waals surface area contributed by atoms with Crippen LogP contribution in [0.3, 0.4) is 0 Å². The van der Waals surface area contributed by atoms with Crippen LogP contribution in [-0.2, 0) is 16.1 Å². The Bertz CT molecular complexity index is 346. The van der Waals surface area contributed by atoms with Gasteiger partial charge in [-0.1, -0.05) is 0 Å². The number of ether oxygens (including phenoxy) is 1. The Kier molecular flexibility index (Phi) is 3.64. The minimum atomic E-state index is -0.343. The number of carbonyl (C=O) groups is 2. The summed E-state index contributed by atoms with van der Waals surface area (Å²) in [6.07, 6.45) is 0. The van der Waals surface area contributed by atoms with Crippen molar-refractivity contribution in [2.45, 2.75) is 13.5 Å². The van der Waals surface area contributed by atoms with Crippen LogP contribution in [0, 0.1) is 0 Å². The second-order valence-electron chi connectivity index (χ2n) is 2.67. The van der Waals surface area contributed by atoms with E-state index in [2.05, 4.69) is 10.1 Å². The van der Waals surface area contributed by atoms with Crippen LogP contribution in [0.25, 0.3) is 0 Å². The molecule has 1 aromatic rings. The molecule has 0 aliphatic rings. The summed E-state index contributed by atoms with van der Waals surface area (Å²) in [5.41, 5.74) is 0. The molecule has 5 heteroatoms. The lowest BCUT2D eigenvalue weighted by molar-refractivity contribution is -0.119. The van der Waals surface area contributed by atoms with Crippen molar-refractivity contribution in [2.75, 3.05) is 7.11 Å². The summed E-state index contributed by atoms with van der Waals surface area (Å²) in [6.45, 7) is 1.91. The summed E-state index contributed by atoms with van der Waals surface area (Å²) in [5.74, 6) is -0.429. The van der Waals surface area contributed by atoms with Crippen molar-refractivity contribution in [2.24, 2.45) is 0 Å². The van der Waals surface area contributed by atoms with Crippen molar-refractivity contribution in [3.05, 3.63) is 21.9 Å². The van der Waals surface area contributed by atoms with Crippen LogP contribution in [0.1, 0.15) is 21.5 Å². The number of methoxy groups -OCH3 is 1. The Balaban J connectivity index is 2.59. The molecule has 4 nitrogen and oxygen atoms in total. The predicted octanol–water partition coefficient (Wildman–Crippen LogP) is 1.17.